The fourth-order valence-electron chi connectivity index (χ4n) is 4.61. The molecule has 0 saturated carbocycles. The quantitative estimate of drug-likeness (QED) is 0.264. The second kappa shape index (κ2) is 11.5. The highest BCUT2D eigenvalue weighted by Gasteiger charge is 2.32. The summed E-state index contributed by atoms with van der Waals surface area (Å²) in [6.07, 6.45) is 0.442. The first-order valence-corrected chi connectivity index (χ1v) is 13.4. The van der Waals surface area contributed by atoms with Gasteiger partial charge in [-0.3, -0.25) is 9.79 Å². The summed E-state index contributed by atoms with van der Waals surface area (Å²) in [5.41, 5.74) is 5.85. The normalized spacial score (nSPS) is 15.1. The van der Waals surface area contributed by atoms with Gasteiger partial charge in [-0.15, -0.1) is 0 Å². The van der Waals surface area contributed by atoms with Gasteiger partial charge in [0.15, 0.2) is 0 Å². The van der Waals surface area contributed by atoms with Gasteiger partial charge in [0.1, 0.15) is 11.8 Å². The molecule has 0 saturated heterocycles. The Morgan fingerprint density at radius 2 is 1.68 bits per heavy atom. The number of benzene rings is 4. The maximum atomic E-state index is 14.2. The van der Waals surface area contributed by atoms with Gasteiger partial charge < -0.3 is 14.7 Å². The molecule has 5 nitrogen and oxygen atoms in total. The van der Waals surface area contributed by atoms with E-state index in [1.54, 1.807) is 18.1 Å². The Kier molecular flexibility index (Phi) is 7.93. The summed E-state index contributed by atoms with van der Waals surface area (Å²) in [6, 6.07) is 28.1. The van der Waals surface area contributed by atoms with Gasteiger partial charge in [0, 0.05) is 27.0 Å². The third kappa shape index (κ3) is 5.68. The van der Waals surface area contributed by atoms with E-state index in [9.17, 15) is 9.90 Å². The van der Waals surface area contributed by atoms with Gasteiger partial charge in [-0.05, 0) is 59.2 Å². The summed E-state index contributed by atoms with van der Waals surface area (Å²) in [5, 5.41) is 10.1. The predicted octanol–water partition coefficient (Wildman–Crippen LogP) is 6.60. The number of ether oxygens (including phenoxy) is 1. The lowest BCUT2D eigenvalue weighted by atomic mass is 9.99. The van der Waals surface area contributed by atoms with Crippen molar-refractivity contribution < 1.29 is 14.6 Å². The number of aliphatic imine (C=N–C) groups is 1. The summed E-state index contributed by atoms with van der Waals surface area (Å²) in [6.45, 7) is 0.327. The van der Waals surface area contributed by atoms with Crippen LogP contribution in [0.4, 0.5) is 5.69 Å². The minimum absolute atomic E-state index is 0.0468. The highest BCUT2D eigenvalue weighted by molar-refractivity contribution is 9.10. The molecule has 0 spiro atoms. The molecule has 1 unspecified atom stereocenters. The van der Waals surface area contributed by atoms with Crippen LogP contribution >= 0.6 is 27.5 Å². The zero-order valence-electron chi connectivity index (χ0n) is 20.8. The topological polar surface area (TPSA) is 62.1 Å². The molecule has 1 N–H and O–H groups in total. The minimum Gasteiger partial charge on any atom is -0.497 e. The number of hydrogen-bond donors (Lipinski definition) is 1. The van der Waals surface area contributed by atoms with Crippen LogP contribution in [0.1, 0.15) is 27.8 Å². The van der Waals surface area contributed by atoms with Crippen molar-refractivity contribution >= 4 is 44.8 Å². The molecule has 0 radical (unpaired) electrons. The van der Waals surface area contributed by atoms with Crippen LogP contribution in [0.25, 0.3) is 0 Å². The fraction of sp³-hybridized carbons (Fsp3) is 0.161. The number of carbonyl (C=O) groups excluding carboxylic acids is 1. The Labute approximate surface area is 235 Å². The first-order valence-electron chi connectivity index (χ1n) is 12.2. The Morgan fingerprint density at radius 1 is 0.947 bits per heavy atom. The van der Waals surface area contributed by atoms with Crippen LogP contribution in [0.3, 0.4) is 0 Å². The minimum atomic E-state index is -0.652. The van der Waals surface area contributed by atoms with Crippen LogP contribution in [0.15, 0.2) is 100 Å². The average Bonchev–Trinajstić information content (AvgIpc) is 3.04. The third-order valence-corrected chi connectivity index (χ3v) is 7.30. The zero-order chi connectivity index (χ0) is 26.6. The molecule has 38 heavy (non-hydrogen) atoms. The molecule has 1 atom stereocenters. The molecule has 1 aliphatic rings. The van der Waals surface area contributed by atoms with E-state index in [2.05, 4.69) is 15.9 Å². The Hall–Kier alpha value is -3.45. The number of aliphatic hydroxyl groups excluding tert-OH is 1. The lowest BCUT2D eigenvalue weighted by Crippen LogP contribution is -2.38. The smallest absolute Gasteiger partial charge is 0.252 e. The molecule has 0 bridgehead atoms. The SMILES string of the molecule is COc1ccc(CN2C(=O)C(Cc3cccc(Br)c3)N=C(c3ccc(CO)cc3)c3cc(Cl)ccc32)cc1. The first kappa shape index (κ1) is 26.2. The van der Waals surface area contributed by atoms with Crippen molar-refractivity contribution in [1.29, 1.82) is 0 Å². The lowest BCUT2D eigenvalue weighted by molar-refractivity contribution is -0.119. The molecule has 4 aromatic carbocycles. The summed E-state index contributed by atoms with van der Waals surface area (Å²) < 4.78 is 6.26. The van der Waals surface area contributed by atoms with Gasteiger partial charge in [-0.2, -0.15) is 0 Å². The highest BCUT2D eigenvalue weighted by atomic mass is 79.9. The van der Waals surface area contributed by atoms with E-state index in [0.717, 1.165) is 43.7 Å². The standard InChI is InChI=1S/C31H26BrClN2O3/c1-38-26-12-7-20(8-13-26)18-35-29-14-11-25(33)17-27(29)30(23-9-5-21(19-36)6-10-23)34-28(31(35)37)16-22-3-2-4-24(32)15-22/h2-15,17,28,36H,16,18-19H2,1H3. The number of nitrogens with zero attached hydrogens (tertiary/aromatic N) is 2. The summed E-state index contributed by atoms with van der Waals surface area (Å²) >= 11 is 10.0. The number of hydrogen-bond acceptors (Lipinski definition) is 4. The van der Waals surface area contributed by atoms with E-state index in [1.165, 1.54) is 0 Å². The number of methoxy groups -OCH3 is 1. The molecule has 7 heteroatoms. The number of aliphatic hydroxyl groups is 1. The highest BCUT2D eigenvalue weighted by Crippen LogP contribution is 2.33. The number of benzodiazepines with no additional fused rings is 1. The van der Waals surface area contributed by atoms with Gasteiger partial charge in [-0.25, -0.2) is 0 Å². The molecule has 0 aromatic heterocycles. The van der Waals surface area contributed by atoms with E-state index < -0.39 is 6.04 Å². The van der Waals surface area contributed by atoms with Crippen molar-refractivity contribution in [2.45, 2.75) is 25.6 Å². The third-order valence-electron chi connectivity index (χ3n) is 6.57. The number of carbonyl (C=O) groups is 1. The molecular weight excluding hydrogens is 564 g/mol. The van der Waals surface area contributed by atoms with Crippen molar-refractivity contribution in [3.63, 3.8) is 0 Å². The molecule has 5 rings (SSSR count). The van der Waals surface area contributed by atoms with Crippen LogP contribution < -0.4 is 9.64 Å². The van der Waals surface area contributed by atoms with Crippen LogP contribution in [0.5, 0.6) is 5.75 Å². The van der Waals surface area contributed by atoms with E-state index in [4.69, 9.17) is 21.3 Å². The van der Waals surface area contributed by atoms with Crippen LogP contribution in [-0.2, 0) is 24.4 Å². The number of anilines is 1. The molecule has 192 valence electrons. The maximum Gasteiger partial charge on any atom is 0.252 e. The Balaban J connectivity index is 1.64. The molecule has 4 aromatic rings. The zero-order valence-corrected chi connectivity index (χ0v) is 23.1. The largest absolute Gasteiger partial charge is 0.497 e. The van der Waals surface area contributed by atoms with Gasteiger partial charge in [-0.1, -0.05) is 76.1 Å². The van der Waals surface area contributed by atoms with Crippen LogP contribution in [0.2, 0.25) is 5.02 Å². The van der Waals surface area contributed by atoms with Crippen molar-refractivity contribution in [2.75, 3.05) is 12.0 Å². The predicted molar refractivity (Wildman–Crippen MR) is 155 cm³/mol. The van der Waals surface area contributed by atoms with Gasteiger partial charge in [0.05, 0.1) is 31.7 Å². The summed E-state index contributed by atoms with van der Waals surface area (Å²) in [4.78, 5) is 21.1. The lowest BCUT2D eigenvalue weighted by Gasteiger charge is -2.26. The van der Waals surface area contributed by atoms with Gasteiger partial charge in [0.2, 0.25) is 0 Å². The second-order valence-corrected chi connectivity index (χ2v) is 10.5. The first-order chi connectivity index (χ1) is 18.4. The van der Waals surface area contributed by atoms with Crippen molar-refractivity contribution in [3.8, 4) is 5.75 Å². The maximum absolute atomic E-state index is 14.2. The average molecular weight is 590 g/mol. The Bertz CT molecular complexity index is 1490. The molecule has 0 aliphatic carbocycles. The van der Waals surface area contributed by atoms with Crippen molar-refractivity contribution in [1.82, 2.24) is 0 Å². The molecular formula is C31H26BrClN2O3. The number of amides is 1. The van der Waals surface area contributed by atoms with Crippen molar-refractivity contribution in [2.24, 2.45) is 4.99 Å². The number of fused-ring (bicyclic) bond motifs is 1. The molecule has 0 fully saturated rings. The molecule has 1 heterocycles. The van der Waals surface area contributed by atoms with Crippen LogP contribution in [-0.4, -0.2) is 29.9 Å². The number of halogens is 2. The van der Waals surface area contributed by atoms with E-state index in [1.807, 2.05) is 84.9 Å². The van der Waals surface area contributed by atoms with Crippen molar-refractivity contribution in [3.05, 3.63) is 128 Å². The monoisotopic (exact) mass is 588 g/mol. The Morgan fingerprint density at radius 3 is 2.37 bits per heavy atom. The van der Waals surface area contributed by atoms with E-state index in [0.29, 0.717) is 23.7 Å². The number of rotatable bonds is 7. The van der Waals surface area contributed by atoms with Crippen LogP contribution in [0, 0.1) is 0 Å². The van der Waals surface area contributed by atoms with Gasteiger partial charge >= 0.3 is 0 Å². The molecule has 1 amide bonds. The van der Waals surface area contributed by atoms with E-state index in [-0.39, 0.29) is 12.5 Å². The summed E-state index contributed by atoms with van der Waals surface area (Å²) in [7, 11) is 1.63. The second-order valence-electron chi connectivity index (χ2n) is 9.12. The summed E-state index contributed by atoms with van der Waals surface area (Å²) in [5.74, 6) is 0.666. The fourth-order valence-corrected chi connectivity index (χ4v) is 5.23. The van der Waals surface area contributed by atoms with Gasteiger partial charge in [0.25, 0.3) is 5.91 Å². The van der Waals surface area contributed by atoms with E-state index >= 15 is 0 Å². The molecule has 1 aliphatic heterocycles.